The SMILES string of the molecule is COCCNc1nc(SC)nc2c1sc1nc(C(C)C)c3c(c12)CC(C)(C)OC3. The lowest BCUT2D eigenvalue weighted by molar-refractivity contribution is -0.0402. The molecule has 0 saturated heterocycles. The third-order valence-electron chi connectivity index (χ3n) is 5.23. The van der Waals surface area contributed by atoms with E-state index in [1.807, 2.05) is 6.26 Å². The summed E-state index contributed by atoms with van der Waals surface area (Å²) in [6, 6.07) is 0. The van der Waals surface area contributed by atoms with Gasteiger partial charge in [-0.3, -0.25) is 0 Å². The van der Waals surface area contributed by atoms with Crippen LogP contribution in [0, 0.1) is 0 Å². The average molecular weight is 433 g/mol. The van der Waals surface area contributed by atoms with Crippen molar-refractivity contribution in [2.24, 2.45) is 0 Å². The summed E-state index contributed by atoms with van der Waals surface area (Å²) >= 11 is 3.24. The molecule has 0 saturated carbocycles. The fourth-order valence-electron chi connectivity index (χ4n) is 3.84. The summed E-state index contributed by atoms with van der Waals surface area (Å²) in [5.41, 5.74) is 4.53. The van der Waals surface area contributed by atoms with Crippen LogP contribution in [0.1, 0.15) is 50.4 Å². The summed E-state index contributed by atoms with van der Waals surface area (Å²) < 4.78 is 12.4. The van der Waals surface area contributed by atoms with Crippen molar-refractivity contribution in [3.05, 3.63) is 16.8 Å². The minimum Gasteiger partial charge on any atom is -0.383 e. The number of hydrogen-bond donors (Lipinski definition) is 1. The molecule has 0 radical (unpaired) electrons. The second-order valence-electron chi connectivity index (χ2n) is 8.27. The number of nitrogens with one attached hydrogen (secondary N) is 1. The fraction of sp³-hybridized carbons (Fsp3) is 0.571. The first-order valence-corrected chi connectivity index (χ1v) is 12.0. The molecule has 6 nitrogen and oxygen atoms in total. The maximum atomic E-state index is 6.15. The second-order valence-corrected chi connectivity index (χ2v) is 10.0. The number of rotatable bonds is 6. The van der Waals surface area contributed by atoms with Gasteiger partial charge in [-0.05, 0) is 31.6 Å². The van der Waals surface area contributed by atoms with Crippen LogP contribution >= 0.6 is 23.1 Å². The van der Waals surface area contributed by atoms with E-state index in [-0.39, 0.29) is 5.60 Å². The third-order valence-corrected chi connectivity index (χ3v) is 6.86. The number of fused-ring (bicyclic) bond motifs is 5. The van der Waals surface area contributed by atoms with Crippen LogP contribution in [0.3, 0.4) is 0 Å². The molecule has 0 amide bonds. The summed E-state index contributed by atoms with van der Waals surface area (Å²) in [7, 11) is 1.71. The van der Waals surface area contributed by atoms with Crippen molar-refractivity contribution in [1.82, 2.24) is 15.0 Å². The van der Waals surface area contributed by atoms with Gasteiger partial charge in [0.25, 0.3) is 0 Å². The highest BCUT2D eigenvalue weighted by Crippen LogP contribution is 2.43. The zero-order valence-corrected chi connectivity index (χ0v) is 19.5. The molecule has 0 bridgehead atoms. The largest absolute Gasteiger partial charge is 0.383 e. The molecule has 0 spiro atoms. The Labute approximate surface area is 179 Å². The minimum absolute atomic E-state index is 0.196. The number of methoxy groups -OCH3 is 1. The van der Waals surface area contributed by atoms with E-state index >= 15 is 0 Å². The van der Waals surface area contributed by atoms with Gasteiger partial charge in [0.15, 0.2) is 5.16 Å². The lowest BCUT2D eigenvalue weighted by Gasteiger charge is -2.33. The number of nitrogens with zero attached hydrogens (tertiary/aromatic N) is 3. The fourth-order valence-corrected chi connectivity index (χ4v) is 5.32. The van der Waals surface area contributed by atoms with E-state index in [1.165, 1.54) is 16.5 Å². The quantitative estimate of drug-likeness (QED) is 0.334. The van der Waals surface area contributed by atoms with Crippen LogP contribution < -0.4 is 5.32 Å². The number of aromatic nitrogens is 3. The molecule has 0 fully saturated rings. The van der Waals surface area contributed by atoms with Crippen LogP contribution in [0.4, 0.5) is 5.82 Å². The Morgan fingerprint density at radius 3 is 2.72 bits per heavy atom. The first-order chi connectivity index (χ1) is 13.8. The van der Waals surface area contributed by atoms with E-state index in [9.17, 15) is 0 Å². The Bertz CT molecular complexity index is 1060. The highest BCUT2D eigenvalue weighted by molar-refractivity contribution is 7.98. The van der Waals surface area contributed by atoms with Gasteiger partial charge in [-0.25, -0.2) is 15.0 Å². The first kappa shape index (κ1) is 20.8. The van der Waals surface area contributed by atoms with Crippen LogP contribution in [0.25, 0.3) is 20.4 Å². The van der Waals surface area contributed by atoms with E-state index in [0.29, 0.717) is 25.7 Å². The molecule has 1 N–H and O–H groups in total. The van der Waals surface area contributed by atoms with Gasteiger partial charge in [-0.1, -0.05) is 25.6 Å². The van der Waals surface area contributed by atoms with Crippen LogP contribution in [0.15, 0.2) is 5.16 Å². The molecular formula is C21H28N4O2S2. The van der Waals surface area contributed by atoms with Crippen LogP contribution in [0.2, 0.25) is 0 Å². The van der Waals surface area contributed by atoms with Crippen molar-refractivity contribution in [1.29, 1.82) is 0 Å². The number of ether oxygens (including phenoxy) is 2. The molecular weight excluding hydrogens is 404 g/mol. The van der Waals surface area contributed by atoms with Crippen molar-refractivity contribution in [3.8, 4) is 0 Å². The second kappa shape index (κ2) is 7.98. The molecule has 1 aliphatic heterocycles. The third kappa shape index (κ3) is 3.83. The van der Waals surface area contributed by atoms with Gasteiger partial charge in [0.2, 0.25) is 0 Å². The van der Waals surface area contributed by atoms with E-state index in [4.69, 9.17) is 24.4 Å². The van der Waals surface area contributed by atoms with Gasteiger partial charge >= 0.3 is 0 Å². The smallest absolute Gasteiger partial charge is 0.189 e. The molecule has 3 aromatic rings. The Morgan fingerprint density at radius 2 is 2.03 bits per heavy atom. The lowest BCUT2D eigenvalue weighted by atomic mass is 9.87. The highest BCUT2D eigenvalue weighted by Gasteiger charge is 2.32. The lowest BCUT2D eigenvalue weighted by Crippen LogP contribution is -2.32. The van der Waals surface area contributed by atoms with Crippen molar-refractivity contribution in [3.63, 3.8) is 0 Å². The first-order valence-electron chi connectivity index (χ1n) is 9.91. The number of hydrogen-bond acceptors (Lipinski definition) is 8. The normalized spacial score (nSPS) is 16.0. The summed E-state index contributed by atoms with van der Waals surface area (Å²) in [5.74, 6) is 1.21. The van der Waals surface area contributed by atoms with E-state index in [1.54, 1.807) is 30.2 Å². The maximum absolute atomic E-state index is 6.15. The van der Waals surface area contributed by atoms with Crippen molar-refractivity contribution in [2.75, 3.05) is 31.8 Å². The predicted molar refractivity (Wildman–Crippen MR) is 122 cm³/mol. The predicted octanol–water partition coefficient (Wildman–Crippen LogP) is 4.99. The highest BCUT2D eigenvalue weighted by atomic mass is 32.2. The number of anilines is 1. The van der Waals surface area contributed by atoms with Crippen molar-refractivity contribution in [2.45, 2.75) is 57.4 Å². The molecule has 8 heteroatoms. The molecule has 4 rings (SSSR count). The van der Waals surface area contributed by atoms with Gasteiger partial charge in [-0.15, -0.1) is 11.3 Å². The van der Waals surface area contributed by atoms with E-state index < -0.39 is 0 Å². The summed E-state index contributed by atoms with van der Waals surface area (Å²) in [4.78, 5) is 15.8. The number of thioether (sulfide) groups is 1. The molecule has 29 heavy (non-hydrogen) atoms. The Morgan fingerprint density at radius 1 is 1.24 bits per heavy atom. The zero-order valence-electron chi connectivity index (χ0n) is 17.9. The monoisotopic (exact) mass is 432 g/mol. The maximum Gasteiger partial charge on any atom is 0.189 e. The van der Waals surface area contributed by atoms with Crippen LogP contribution in [-0.2, 0) is 22.5 Å². The Balaban J connectivity index is 2.01. The van der Waals surface area contributed by atoms with Gasteiger partial charge in [0.05, 0.1) is 34.7 Å². The van der Waals surface area contributed by atoms with Crippen LogP contribution in [0.5, 0.6) is 0 Å². The Hall–Kier alpha value is -1.48. The van der Waals surface area contributed by atoms with Gasteiger partial charge in [0.1, 0.15) is 10.6 Å². The molecule has 0 unspecified atom stereocenters. The molecule has 0 atom stereocenters. The molecule has 4 heterocycles. The van der Waals surface area contributed by atoms with Crippen molar-refractivity contribution >= 4 is 49.3 Å². The van der Waals surface area contributed by atoms with Gasteiger partial charge < -0.3 is 14.8 Å². The molecule has 156 valence electrons. The van der Waals surface area contributed by atoms with Crippen LogP contribution in [-0.4, -0.2) is 47.1 Å². The van der Waals surface area contributed by atoms with Gasteiger partial charge in [0, 0.05) is 31.0 Å². The summed E-state index contributed by atoms with van der Waals surface area (Å²) in [5, 5.41) is 5.37. The Kier molecular flexibility index (Phi) is 5.72. The average Bonchev–Trinajstić information content (AvgIpc) is 3.05. The van der Waals surface area contributed by atoms with Crippen molar-refractivity contribution < 1.29 is 9.47 Å². The van der Waals surface area contributed by atoms with E-state index in [2.05, 4.69) is 33.0 Å². The molecule has 3 aromatic heterocycles. The minimum atomic E-state index is -0.196. The molecule has 1 aliphatic rings. The standard InChI is InChI=1S/C21H28N4O2S2/c1-11(2)15-13-10-27-21(3,4)9-12(13)14-16-17(29-19(14)23-15)18(22-7-8-26-5)25-20(24-16)28-6/h11H,7-10H2,1-6H3,(H,22,24,25). The zero-order chi connectivity index (χ0) is 20.8. The number of thiophene rings is 1. The van der Waals surface area contributed by atoms with E-state index in [0.717, 1.165) is 38.1 Å². The molecule has 0 aliphatic carbocycles. The number of pyridine rings is 1. The summed E-state index contributed by atoms with van der Waals surface area (Å²) in [6.45, 7) is 10.7. The topological polar surface area (TPSA) is 69.2 Å². The van der Waals surface area contributed by atoms with Gasteiger partial charge in [-0.2, -0.15) is 0 Å². The molecule has 0 aromatic carbocycles. The summed E-state index contributed by atoms with van der Waals surface area (Å²) in [6.07, 6.45) is 2.87.